The number of rotatable bonds is 9. The van der Waals surface area contributed by atoms with Gasteiger partial charge in [-0.05, 0) is 31.1 Å². The molecule has 4 nitrogen and oxygen atoms in total. The third-order valence-electron chi connectivity index (χ3n) is 3.88. The molecule has 1 N–H and O–H groups in total. The topological polar surface area (TPSA) is 47.6 Å². The molecule has 2 rings (SSSR count). The quantitative estimate of drug-likeness (QED) is 0.511. The largest absolute Gasteiger partial charge is 0.379 e. The van der Waals surface area contributed by atoms with E-state index < -0.39 is 0 Å². The Morgan fingerprint density at radius 1 is 1.16 bits per heavy atom. The summed E-state index contributed by atoms with van der Waals surface area (Å²) in [5, 5.41) is 2.97. The molecular weight excluding hydrogens is 242 g/mol. The maximum atomic E-state index is 12.0. The zero-order chi connectivity index (χ0) is 13.5. The van der Waals surface area contributed by atoms with Gasteiger partial charge >= 0.3 is 0 Å². The van der Waals surface area contributed by atoms with Crippen molar-refractivity contribution in [3.63, 3.8) is 0 Å². The van der Waals surface area contributed by atoms with Crippen LogP contribution in [0.25, 0.3) is 0 Å². The molecule has 0 aromatic heterocycles. The summed E-state index contributed by atoms with van der Waals surface area (Å²) in [6.07, 6.45) is 7.70. The van der Waals surface area contributed by atoms with Crippen molar-refractivity contribution in [2.45, 2.75) is 26.2 Å². The molecule has 1 amide bonds. The number of fused-ring (bicyclic) bond motifs is 2. The highest BCUT2D eigenvalue weighted by Gasteiger charge is 2.39. The van der Waals surface area contributed by atoms with E-state index in [-0.39, 0.29) is 11.8 Å². The standard InChI is InChI=1S/C15H25NO3/c1-2-6-18-8-9-19-7-5-16-15(17)14-11-12-3-4-13(14)10-12/h3-4,12-14H,2,5-11H2,1H3,(H,16,17). The summed E-state index contributed by atoms with van der Waals surface area (Å²) in [6.45, 7) is 5.28. The molecule has 0 aromatic carbocycles. The van der Waals surface area contributed by atoms with Gasteiger partial charge in [-0.1, -0.05) is 19.1 Å². The second-order valence-electron chi connectivity index (χ2n) is 5.40. The van der Waals surface area contributed by atoms with Crippen molar-refractivity contribution in [1.82, 2.24) is 5.32 Å². The van der Waals surface area contributed by atoms with E-state index in [0.29, 0.717) is 38.2 Å². The van der Waals surface area contributed by atoms with Crippen LogP contribution in [-0.2, 0) is 14.3 Å². The van der Waals surface area contributed by atoms with Crippen LogP contribution in [0.4, 0.5) is 0 Å². The minimum Gasteiger partial charge on any atom is -0.379 e. The average Bonchev–Trinajstić information content (AvgIpc) is 3.04. The SMILES string of the molecule is CCCOCCOCCNC(=O)C1CC2C=CC1C2. The van der Waals surface area contributed by atoms with Crippen molar-refractivity contribution in [1.29, 1.82) is 0 Å². The Morgan fingerprint density at radius 2 is 1.95 bits per heavy atom. The van der Waals surface area contributed by atoms with Crippen LogP contribution in [0.15, 0.2) is 12.2 Å². The van der Waals surface area contributed by atoms with Gasteiger partial charge in [0.25, 0.3) is 0 Å². The lowest BCUT2D eigenvalue weighted by Crippen LogP contribution is -2.35. The van der Waals surface area contributed by atoms with E-state index in [1.54, 1.807) is 0 Å². The Kier molecular flexibility index (Phi) is 5.86. The van der Waals surface area contributed by atoms with E-state index in [2.05, 4.69) is 24.4 Å². The first-order valence-electron chi connectivity index (χ1n) is 7.42. The summed E-state index contributed by atoms with van der Waals surface area (Å²) in [7, 11) is 0. The Balaban J connectivity index is 1.47. The number of carbonyl (C=O) groups is 1. The molecule has 0 radical (unpaired) electrons. The fourth-order valence-corrected chi connectivity index (χ4v) is 2.93. The molecule has 0 spiro atoms. The van der Waals surface area contributed by atoms with Gasteiger partial charge in [0.15, 0.2) is 0 Å². The summed E-state index contributed by atoms with van der Waals surface area (Å²) in [4.78, 5) is 12.0. The maximum Gasteiger partial charge on any atom is 0.223 e. The van der Waals surface area contributed by atoms with Crippen molar-refractivity contribution >= 4 is 5.91 Å². The Morgan fingerprint density at radius 3 is 2.58 bits per heavy atom. The molecule has 2 aliphatic rings. The lowest BCUT2D eigenvalue weighted by atomic mass is 9.93. The maximum absolute atomic E-state index is 12.0. The van der Waals surface area contributed by atoms with Crippen LogP contribution in [0, 0.1) is 17.8 Å². The second-order valence-corrected chi connectivity index (χ2v) is 5.40. The summed E-state index contributed by atoms with van der Waals surface area (Å²) < 4.78 is 10.7. The molecule has 2 bridgehead atoms. The Hall–Kier alpha value is -0.870. The summed E-state index contributed by atoms with van der Waals surface area (Å²) in [5.74, 6) is 1.52. The highest BCUT2D eigenvalue weighted by molar-refractivity contribution is 5.79. The molecular formula is C15H25NO3. The Labute approximate surface area is 115 Å². The number of ether oxygens (including phenoxy) is 2. The summed E-state index contributed by atoms with van der Waals surface area (Å²) >= 11 is 0. The second kappa shape index (κ2) is 7.65. The zero-order valence-corrected chi connectivity index (χ0v) is 11.8. The van der Waals surface area contributed by atoms with Gasteiger partial charge in [-0.25, -0.2) is 0 Å². The van der Waals surface area contributed by atoms with Crippen molar-refractivity contribution < 1.29 is 14.3 Å². The molecule has 2 aliphatic carbocycles. The fourth-order valence-electron chi connectivity index (χ4n) is 2.93. The first kappa shape index (κ1) is 14.5. The highest BCUT2D eigenvalue weighted by Crippen LogP contribution is 2.43. The molecule has 108 valence electrons. The number of amides is 1. The zero-order valence-electron chi connectivity index (χ0n) is 11.8. The average molecular weight is 267 g/mol. The lowest BCUT2D eigenvalue weighted by Gasteiger charge is -2.17. The van der Waals surface area contributed by atoms with Crippen molar-refractivity contribution in [3.05, 3.63) is 12.2 Å². The first-order valence-corrected chi connectivity index (χ1v) is 7.42. The van der Waals surface area contributed by atoms with Crippen LogP contribution < -0.4 is 5.32 Å². The number of hydrogen-bond donors (Lipinski definition) is 1. The van der Waals surface area contributed by atoms with E-state index in [4.69, 9.17) is 9.47 Å². The lowest BCUT2D eigenvalue weighted by molar-refractivity contribution is -0.126. The van der Waals surface area contributed by atoms with E-state index >= 15 is 0 Å². The molecule has 3 atom stereocenters. The number of hydrogen-bond acceptors (Lipinski definition) is 3. The van der Waals surface area contributed by atoms with Gasteiger partial charge in [0.1, 0.15) is 0 Å². The predicted octanol–water partition coefficient (Wildman–Crippen LogP) is 1.76. The van der Waals surface area contributed by atoms with E-state index in [1.807, 2.05) is 0 Å². The highest BCUT2D eigenvalue weighted by atomic mass is 16.5. The molecule has 1 saturated carbocycles. The molecule has 0 heterocycles. The van der Waals surface area contributed by atoms with Gasteiger partial charge in [0, 0.05) is 19.1 Å². The van der Waals surface area contributed by atoms with Crippen LogP contribution in [0.1, 0.15) is 26.2 Å². The fraction of sp³-hybridized carbons (Fsp3) is 0.800. The van der Waals surface area contributed by atoms with Crippen molar-refractivity contribution in [2.75, 3.05) is 33.0 Å². The summed E-state index contributed by atoms with van der Waals surface area (Å²) in [5.41, 5.74) is 0. The van der Waals surface area contributed by atoms with E-state index in [1.165, 1.54) is 6.42 Å². The molecule has 0 aromatic rings. The van der Waals surface area contributed by atoms with E-state index in [9.17, 15) is 4.79 Å². The molecule has 19 heavy (non-hydrogen) atoms. The monoisotopic (exact) mass is 267 g/mol. The Bertz CT molecular complexity index is 317. The summed E-state index contributed by atoms with van der Waals surface area (Å²) in [6, 6.07) is 0. The third kappa shape index (κ3) is 4.32. The van der Waals surface area contributed by atoms with Gasteiger partial charge in [-0.3, -0.25) is 4.79 Å². The molecule has 1 fully saturated rings. The third-order valence-corrected chi connectivity index (χ3v) is 3.88. The number of carbonyl (C=O) groups excluding carboxylic acids is 1. The van der Waals surface area contributed by atoms with Gasteiger partial charge in [-0.15, -0.1) is 0 Å². The minimum absolute atomic E-state index is 0.197. The van der Waals surface area contributed by atoms with Crippen LogP contribution in [0.5, 0.6) is 0 Å². The smallest absolute Gasteiger partial charge is 0.223 e. The van der Waals surface area contributed by atoms with Gasteiger partial charge in [-0.2, -0.15) is 0 Å². The van der Waals surface area contributed by atoms with Crippen molar-refractivity contribution in [3.8, 4) is 0 Å². The molecule has 4 heteroatoms. The van der Waals surface area contributed by atoms with Crippen molar-refractivity contribution in [2.24, 2.45) is 17.8 Å². The molecule has 3 unspecified atom stereocenters. The number of nitrogens with one attached hydrogen (secondary N) is 1. The van der Waals surface area contributed by atoms with Crippen LogP contribution in [0.3, 0.4) is 0 Å². The first-order chi connectivity index (χ1) is 9.31. The number of allylic oxidation sites excluding steroid dienone is 2. The van der Waals surface area contributed by atoms with E-state index in [0.717, 1.165) is 19.4 Å². The van der Waals surface area contributed by atoms with Gasteiger partial charge < -0.3 is 14.8 Å². The normalized spacial score (nSPS) is 27.9. The van der Waals surface area contributed by atoms with Crippen LogP contribution in [-0.4, -0.2) is 38.9 Å². The van der Waals surface area contributed by atoms with Crippen LogP contribution >= 0.6 is 0 Å². The van der Waals surface area contributed by atoms with Crippen LogP contribution in [0.2, 0.25) is 0 Å². The molecule has 0 saturated heterocycles. The minimum atomic E-state index is 0.197. The van der Waals surface area contributed by atoms with Gasteiger partial charge in [0.2, 0.25) is 5.91 Å². The molecule has 0 aliphatic heterocycles. The predicted molar refractivity (Wildman–Crippen MR) is 73.8 cm³/mol. The van der Waals surface area contributed by atoms with Gasteiger partial charge in [0.05, 0.1) is 19.8 Å².